The number of rotatable bonds is 2. The summed E-state index contributed by atoms with van der Waals surface area (Å²) in [6, 6.07) is 10.4. The molecule has 0 saturated heterocycles. The van der Waals surface area contributed by atoms with E-state index in [2.05, 4.69) is 4.98 Å². The number of nitrogen functional groups attached to an aromatic ring is 1. The molecule has 2 rings (SSSR count). The highest BCUT2D eigenvalue weighted by atomic mass is 35.5. The van der Waals surface area contributed by atoms with Gasteiger partial charge in [0.1, 0.15) is 6.10 Å². The molecule has 1 atom stereocenters. The standard InChI is InChI=1S/C12H11ClN2O/c13-9-3-6-11(15-7-9)12(16)8-1-4-10(14)5-2-8/h1-7,12,16H,14H2. The fourth-order valence-corrected chi connectivity index (χ4v) is 1.51. The molecule has 4 heteroatoms. The summed E-state index contributed by atoms with van der Waals surface area (Å²) in [7, 11) is 0. The average molecular weight is 235 g/mol. The third kappa shape index (κ3) is 2.32. The Kier molecular flexibility index (Phi) is 3.08. The largest absolute Gasteiger partial charge is 0.399 e. The quantitative estimate of drug-likeness (QED) is 0.785. The molecule has 1 heterocycles. The predicted octanol–water partition coefficient (Wildman–Crippen LogP) is 2.40. The van der Waals surface area contributed by atoms with Crippen molar-refractivity contribution in [3.05, 3.63) is 58.9 Å². The van der Waals surface area contributed by atoms with Crippen LogP contribution < -0.4 is 5.73 Å². The molecule has 2 aromatic rings. The Morgan fingerprint density at radius 3 is 2.38 bits per heavy atom. The summed E-state index contributed by atoms with van der Waals surface area (Å²) in [5, 5.41) is 10.6. The zero-order chi connectivity index (χ0) is 11.5. The lowest BCUT2D eigenvalue weighted by molar-refractivity contribution is 0.215. The second kappa shape index (κ2) is 4.51. The number of nitrogens with zero attached hydrogens (tertiary/aromatic N) is 1. The van der Waals surface area contributed by atoms with Crippen LogP contribution in [0.15, 0.2) is 42.6 Å². The van der Waals surface area contributed by atoms with Crippen LogP contribution in [0.3, 0.4) is 0 Å². The van der Waals surface area contributed by atoms with Crippen LogP contribution in [0.1, 0.15) is 17.4 Å². The first-order chi connectivity index (χ1) is 7.66. The lowest BCUT2D eigenvalue weighted by atomic mass is 10.1. The molecule has 1 aromatic heterocycles. The lowest BCUT2D eigenvalue weighted by Crippen LogP contribution is -2.02. The van der Waals surface area contributed by atoms with E-state index in [1.165, 1.54) is 6.20 Å². The monoisotopic (exact) mass is 234 g/mol. The van der Waals surface area contributed by atoms with Crippen molar-refractivity contribution in [2.45, 2.75) is 6.10 Å². The zero-order valence-corrected chi connectivity index (χ0v) is 9.22. The van der Waals surface area contributed by atoms with Gasteiger partial charge in [-0.15, -0.1) is 0 Å². The smallest absolute Gasteiger partial charge is 0.121 e. The molecule has 1 aromatic carbocycles. The highest BCUT2D eigenvalue weighted by Crippen LogP contribution is 2.21. The van der Waals surface area contributed by atoms with Crippen LogP contribution in [0.25, 0.3) is 0 Å². The number of pyridine rings is 1. The fourth-order valence-electron chi connectivity index (χ4n) is 1.40. The second-order valence-electron chi connectivity index (χ2n) is 3.47. The molecule has 0 fully saturated rings. The molecule has 0 aliphatic carbocycles. The first kappa shape index (κ1) is 10.9. The van der Waals surface area contributed by atoms with Gasteiger partial charge in [0.2, 0.25) is 0 Å². The molecule has 0 aliphatic rings. The Labute approximate surface area is 98.5 Å². The van der Waals surface area contributed by atoms with Gasteiger partial charge in [0, 0.05) is 11.9 Å². The van der Waals surface area contributed by atoms with Gasteiger partial charge >= 0.3 is 0 Å². The van der Waals surface area contributed by atoms with Gasteiger partial charge in [-0.3, -0.25) is 4.98 Å². The SMILES string of the molecule is Nc1ccc(C(O)c2ccc(Cl)cn2)cc1. The van der Waals surface area contributed by atoms with Crippen LogP contribution in [-0.2, 0) is 0 Å². The summed E-state index contributed by atoms with van der Waals surface area (Å²) in [5.74, 6) is 0. The van der Waals surface area contributed by atoms with Crippen LogP contribution in [-0.4, -0.2) is 10.1 Å². The predicted molar refractivity (Wildman–Crippen MR) is 64.2 cm³/mol. The molecular weight excluding hydrogens is 224 g/mol. The fraction of sp³-hybridized carbons (Fsp3) is 0.0833. The summed E-state index contributed by atoms with van der Waals surface area (Å²) in [6.07, 6.45) is 0.759. The van der Waals surface area contributed by atoms with Crippen molar-refractivity contribution in [2.75, 3.05) is 5.73 Å². The number of benzene rings is 1. The first-order valence-electron chi connectivity index (χ1n) is 4.82. The number of hydrogen-bond donors (Lipinski definition) is 2. The van der Waals surface area contributed by atoms with Gasteiger partial charge < -0.3 is 10.8 Å². The van der Waals surface area contributed by atoms with E-state index in [1.54, 1.807) is 36.4 Å². The molecule has 82 valence electrons. The number of aliphatic hydroxyl groups excluding tert-OH is 1. The van der Waals surface area contributed by atoms with E-state index in [0.29, 0.717) is 16.4 Å². The van der Waals surface area contributed by atoms with E-state index in [4.69, 9.17) is 17.3 Å². The van der Waals surface area contributed by atoms with Gasteiger partial charge in [0.05, 0.1) is 10.7 Å². The van der Waals surface area contributed by atoms with E-state index in [0.717, 1.165) is 5.56 Å². The number of nitrogens with two attached hydrogens (primary N) is 1. The van der Waals surface area contributed by atoms with Crippen molar-refractivity contribution in [3.63, 3.8) is 0 Å². The summed E-state index contributed by atoms with van der Waals surface area (Å²) in [4.78, 5) is 4.06. The molecule has 1 unspecified atom stereocenters. The molecular formula is C12H11ClN2O. The second-order valence-corrected chi connectivity index (χ2v) is 3.91. The van der Waals surface area contributed by atoms with Crippen LogP contribution in [0.2, 0.25) is 5.02 Å². The van der Waals surface area contributed by atoms with E-state index in [1.807, 2.05) is 0 Å². The third-order valence-corrected chi connectivity index (χ3v) is 2.51. The topological polar surface area (TPSA) is 59.1 Å². The lowest BCUT2D eigenvalue weighted by Gasteiger charge is -2.10. The normalized spacial score (nSPS) is 12.4. The third-order valence-electron chi connectivity index (χ3n) is 2.28. The summed E-state index contributed by atoms with van der Waals surface area (Å²) >= 11 is 5.72. The highest BCUT2D eigenvalue weighted by molar-refractivity contribution is 6.30. The van der Waals surface area contributed by atoms with Crippen LogP contribution in [0.5, 0.6) is 0 Å². The van der Waals surface area contributed by atoms with Crippen molar-refractivity contribution in [1.29, 1.82) is 0 Å². The van der Waals surface area contributed by atoms with Gasteiger partial charge in [-0.05, 0) is 29.8 Å². The minimum atomic E-state index is -0.752. The summed E-state index contributed by atoms with van der Waals surface area (Å²) < 4.78 is 0. The molecule has 3 N–H and O–H groups in total. The molecule has 0 spiro atoms. The number of hydrogen-bond acceptors (Lipinski definition) is 3. The number of halogens is 1. The molecule has 0 saturated carbocycles. The maximum atomic E-state index is 10.0. The molecule has 0 radical (unpaired) electrons. The van der Waals surface area contributed by atoms with Gasteiger partial charge in [0.25, 0.3) is 0 Å². The Morgan fingerprint density at radius 2 is 1.81 bits per heavy atom. The minimum Gasteiger partial charge on any atom is -0.399 e. The van der Waals surface area contributed by atoms with Crippen LogP contribution >= 0.6 is 11.6 Å². The first-order valence-corrected chi connectivity index (χ1v) is 5.19. The Balaban J connectivity index is 2.28. The number of aliphatic hydroxyl groups is 1. The van der Waals surface area contributed by atoms with Crippen LogP contribution in [0, 0.1) is 0 Å². The van der Waals surface area contributed by atoms with Gasteiger partial charge in [-0.25, -0.2) is 0 Å². The van der Waals surface area contributed by atoms with Gasteiger partial charge in [-0.2, -0.15) is 0 Å². The van der Waals surface area contributed by atoms with E-state index < -0.39 is 6.10 Å². The Hall–Kier alpha value is -1.58. The van der Waals surface area contributed by atoms with E-state index in [9.17, 15) is 5.11 Å². The maximum Gasteiger partial charge on any atom is 0.121 e. The van der Waals surface area contributed by atoms with E-state index >= 15 is 0 Å². The number of aromatic nitrogens is 1. The highest BCUT2D eigenvalue weighted by Gasteiger charge is 2.11. The van der Waals surface area contributed by atoms with Crippen molar-refractivity contribution in [2.24, 2.45) is 0 Å². The van der Waals surface area contributed by atoms with Gasteiger partial charge in [0.15, 0.2) is 0 Å². The van der Waals surface area contributed by atoms with Crippen molar-refractivity contribution >= 4 is 17.3 Å². The Bertz CT molecular complexity index is 422. The van der Waals surface area contributed by atoms with Gasteiger partial charge in [-0.1, -0.05) is 23.7 Å². The molecule has 3 nitrogen and oxygen atoms in total. The molecule has 16 heavy (non-hydrogen) atoms. The molecule has 0 amide bonds. The summed E-state index contributed by atoms with van der Waals surface area (Å²) in [6.45, 7) is 0. The van der Waals surface area contributed by atoms with Crippen molar-refractivity contribution in [3.8, 4) is 0 Å². The summed E-state index contributed by atoms with van der Waals surface area (Å²) in [5.41, 5.74) is 7.56. The van der Waals surface area contributed by atoms with E-state index in [-0.39, 0.29) is 0 Å². The maximum absolute atomic E-state index is 10.0. The van der Waals surface area contributed by atoms with Crippen molar-refractivity contribution < 1.29 is 5.11 Å². The molecule has 0 bridgehead atoms. The zero-order valence-electron chi connectivity index (χ0n) is 8.47. The van der Waals surface area contributed by atoms with Crippen molar-refractivity contribution in [1.82, 2.24) is 4.98 Å². The number of anilines is 1. The minimum absolute atomic E-state index is 0.549. The molecule has 0 aliphatic heterocycles. The van der Waals surface area contributed by atoms with Crippen LogP contribution in [0.4, 0.5) is 5.69 Å². The average Bonchev–Trinajstić information content (AvgIpc) is 2.30. The Morgan fingerprint density at radius 1 is 1.12 bits per heavy atom.